The molecule has 3 aromatic heterocycles. The molecule has 0 aliphatic carbocycles. The van der Waals surface area contributed by atoms with E-state index in [1.165, 1.54) is 39.7 Å². The summed E-state index contributed by atoms with van der Waals surface area (Å²) in [4.78, 5) is 34.5. The highest BCUT2D eigenvalue weighted by Crippen LogP contribution is 2.40. The van der Waals surface area contributed by atoms with Crippen LogP contribution in [-0.2, 0) is 4.74 Å². The minimum absolute atomic E-state index is 0.197. The number of rotatable bonds is 13. The summed E-state index contributed by atoms with van der Waals surface area (Å²) >= 11 is 1.11. The van der Waals surface area contributed by atoms with Crippen LogP contribution in [0.3, 0.4) is 0 Å². The second-order valence-corrected chi connectivity index (χ2v) is 11.2. The smallest absolute Gasteiger partial charge is 0.280 e. The number of thiazole rings is 1. The lowest BCUT2D eigenvalue weighted by molar-refractivity contribution is 0.0933. The normalized spacial score (nSPS) is 11.0. The number of aromatic nitrogens is 4. The zero-order valence-electron chi connectivity index (χ0n) is 25.1. The van der Waals surface area contributed by atoms with E-state index in [1.807, 2.05) is 23.5 Å². The van der Waals surface area contributed by atoms with E-state index in [9.17, 15) is 9.59 Å². The zero-order valence-corrected chi connectivity index (χ0v) is 25.9. The topological polar surface area (TPSA) is 162 Å². The molecule has 13 nitrogen and oxygen atoms in total. The van der Waals surface area contributed by atoms with Gasteiger partial charge in [-0.1, -0.05) is 0 Å². The highest BCUT2D eigenvalue weighted by atomic mass is 32.1. The molecule has 3 heterocycles. The van der Waals surface area contributed by atoms with Crippen molar-refractivity contribution in [2.24, 2.45) is 0 Å². The summed E-state index contributed by atoms with van der Waals surface area (Å²) in [6, 6.07) is 7.37. The zero-order chi connectivity index (χ0) is 31.9. The number of amides is 2. The molecule has 0 unspecified atom stereocenters. The summed E-state index contributed by atoms with van der Waals surface area (Å²) in [5.41, 5.74) is 1.36. The van der Waals surface area contributed by atoms with Gasteiger partial charge in [0, 0.05) is 49.0 Å². The predicted molar refractivity (Wildman–Crippen MR) is 173 cm³/mol. The molecule has 4 aromatic rings. The van der Waals surface area contributed by atoms with Gasteiger partial charge in [-0.2, -0.15) is 0 Å². The van der Waals surface area contributed by atoms with Crippen LogP contribution in [0.4, 0.5) is 27.4 Å². The number of carbonyl (C=O) groups is 2. The summed E-state index contributed by atoms with van der Waals surface area (Å²) in [6.45, 7) is 0.673. The van der Waals surface area contributed by atoms with Crippen molar-refractivity contribution in [2.75, 3.05) is 45.1 Å². The lowest BCUT2D eigenvalue weighted by Gasteiger charge is -2.22. The van der Waals surface area contributed by atoms with Crippen molar-refractivity contribution in [2.45, 2.75) is 5.24 Å². The van der Waals surface area contributed by atoms with E-state index in [0.717, 1.165) is 11.3 Å². The number of nitrogens with zero attached hydrogens (tertiary/aromatic N) is 4. The maximum Gasteiger partial charge on any atom is 0.280 e. The summed E-state index contributed by atoms with van der Waals surface area (Å²) in [5.74, 6) is -0.0668. The van der Waals surface area contributed by atoms with Crippen LogP contribution in [0.15, 0.2) is 41.9 Å². The van der Waals surface area contributed by atoms with Gasteiger partial charge in [0.05, 0.1) is 43.5 Å². The van der Waals surface area contributed by atoms with E-state index in [-0.39, 0.29) is 27.9 Å². The van der Waals surface area contributed by atoms with E-state index in [1.54, 1.807) is 23.6 Å². The van der Waals surface area contributed by atoms with Gasteiger partial charge in [0.15, 0.2) is 16.6 Å². The Morgan fingerprint density at radius 3 is 2.43 bits per heavy atom. The molecule has 0 bridgehead atoms. The largest absolute Gasteiger partial charge is 0.494 e. The predicted octanol–water partition coefficient (Wildman–Crippen LogP) is 0.255. The quantitative estimate of drug-likeness (QED) is 0.120. The van der Waals surface area contributed by atoms with E-state index in [2.05, 4.69) is 41.4 Å². The molecular weight excluding hydrogens is 588 g/mol. The third-order valence-electron chi connectivity index (χ3n) is 5.84. The van der Waals surface area contributed by atoms with Crippen LogP contribution in [0.5, 0.6) is 11.6 Å². The molecule has 4 N–H and O–H groups in total. The Balaban J connectivity index is 1.72. The molecule has 18 heteroatoms. The average molecular weight is 618 g/mol. The minimum atomic E-state index is -0.594. The van der Waals surface area contributed by atoms with Crippen molar-refractivity contribution in [3.8, 4) is 22.9 Å². The minimum Gasteiger partial charge on any atom is -0.494 e. The number of benzene rings is 1. The van der Waals surface area contributed by atoms with Crippen LogP contribution in [0.25, 0.3) is 11.3 Å². The van der Waals surface area contributed by atoms with Crippen molar-refractivity contribution in [3.05, 3.63) is 58.3 Å². The maximum absolute atomic E-state index is 15.1. The fourth-order valence-corrected chi connectivity index (χ4v) is 4.66. The average Bonchev–Trinajstić information content (AvgIpc) is 3.47. The first kappa shape index (κ1) is 32.2. The third-order valence-corrected chi connectivity index (χ3v) is 6.68. The second kappa shape index (κ2) is 14.2. The second-order valence-electron chi connectivity index (χ2n) is 10.4. The molecule has 2 amide bonds. The van der Waals surface area contributed by atoms with Crippen LogP contribution in [0, 0.1) is 5.82 Å². The fourth-order valence-electron chi connectivity index (χ4n) is 3.93. The van der Waals surface area contributed by atoms with E-state index in [0.29, 0.717) is 47.6 Å². The molecule has 226 valence electrons. The van der Waals surface area contributed by atoms with Gasteiger partial charge in [-0.3, -0.25) is 9.59 Å². The molecule has 0 aliphatic heterocycles. The number of carbonyl (C=O) groups excluding carboxylic acids is 2. The van der Waals surface area contributed by atoms with Gasteiger partial charge in [-0.25, -0.2) is 14.4 Å². The van der Waals surface area contributed by atoms with Crippen LogP contribution in [0.2, 0.25) is 0 Å². The fraction of sp³-hybridized carbons (Fsp3) is 0.231. The third kappa shape index (κ3) is 8.23. The van der Waals surface area contributed by atoms with Gasteiger partial charge in [0.1, 0.15) is 35.2 Å². The Bertz CT molecular complexity index is 1640. The van der Waals surface area contributed by atoms with E-state index >= 15 is 4.39 Å². The molecule has 0 saturated carbocycles. The van der Waals surface area contributed by atoms with Crippen molar-refractivity contribution < 1.29 is 28.2 Å². The first-order valence-electron chi connectivity index (χ1n) is 13.4. The lowest BCUT2D eigenvalue weighted by atomic mass is 9.49. The molecule has 0 atom stereocenters. The van der Waals surface area contributed by atoms with Gasteiger partial charge >= 0.3 is 0 Å². The lowest BCUT2D eigenvalue weighted by Crippen LogP contribution is -2.50. The van der Waals surface area contributed by atoms with Gasteiger partial charge in [0.25, 0.3) is 11.8 Å². The molecule has 1 aromatic carbocycles. The standard InChI is InChI=1S/C26H30B3FN8O5S/c1-41-7-6-31-24(40)25-34-18(12-44-25)14-8-13(30)9-17(22(14)43-3)33-16-10-20(35-19-4-5-21(42-2)38-37-19)32-11-15(16)23(39)36-26(27,28)29/h4-5,8-12H,6-7,27-29H2,1-3H3,(H,31,40)(H,36,39)(H2,32,33,35,37). The Morgan fingerprint density at radius 2 is 1.77 bits per heavy atom. The van der Waals surface area contributed by atoms with Crippen LogP contribution >= 0.6 is 11.3 Å². The maximum atomic E-state index is 15.1. The van der Waals surface area contributed by atoms with Crippen molar-refractivity contribution in [1.82, 2.24) is 30.8 Å². The number of halogens is 1. The van der Waals surface area contributed by atoms with Crippen molar-refractivity contribution in [1.29, 1.82) is 0 Å². The highest BCUT2D eigenvalue weighted by molar-refractivity contribution is 7.12. The Kier molecular flexibility index (Phi) is 10.4. The number of pyridine rings is 1. The molecular formula is C26H30B3FN8O5S. The molecule has 0 spiro atoms. The molecule has 44 heavy (non-hydrogen) atoms. The van der Waals surface area contributed by atoms with Gasteiger partial charge in [-0.15, -0.1) is 21.5 Å². The monoisotopic (exact) mass is 618 g/mol. The van der Waals surface area contributed by atoms with E-state index in [4.69, 9.17) is 14.2 Å². The SMILES string of the molecule is BC(B)(B)NC(=O)c1cnc(Nc2ccc(OC)nn2)cc1Nc1cc(F)cc(-c2csc(C(=O)NCCOC)n2)c1OC. The molecule has 0 saturated heterocycles. The summed E-state index contributed by atoms with van der Waals surface area (Å²) in [7, 11) is 10.0. The number of nitrogens with one attached hydrogen (secondary N) is 4. The summed E-state index contributed by atoms with van der Waals surface area (Å²) < 4.78 is 30.8. The molecule has 4 rings (SSSR count). The molecule has 0 radical (unpaired) electrons. The number of hydrogen-bond donors (Lipinski definition) is 4. The highest BCUT2D eigenvalue weighted by Gasteiger charge is 2.23. The Labute approximate surface area is 259 Å². The molecule has 0 fully saturated rings. The molecule has 0 aliphatic rings. The van der Waals surface area contributed by atoms with Crippen molar-refractivity contribution in [3.63, 3.8) is 0 Å². The van der Waals surface area contributed by atoms with Gasteiger partial charge < -0.3 is 35.5 Å². The summed E-state index contributed by atoms with van der Waals surface area (Å²) in [5, 5.41) is 21.1. The van der Waals surface area contributed by atoms with E-state index < -0.39 is 17.0 Å². The first-order chi connectivity index (χ1) is 21.0. The number of anilines is 4. The van der Waals surface area contributed by atoms with Crippen LogP contribution in [-0.4, -0.2) is 95.2 Å². The van der Waals surface area contributed by atoms with Crippen molar-refractivity contribution >= 4 is 69.7 Å². The van der Waals surface area contributed by atoms with Crippen LogP contribution < -0.4 is 30.7 Å². The first-order valence-corrected chi connectivity index (χ1v) is 14.2. The number of hydrogen-bond acceptors (Lipinski definition) is 12. The van der Waals surface area contributed by atoms with Crippen LogP contribution in [0.1, 0.15) is 20.2 Å². The number of methoxy groups -OCH3 is 3. The number of ether oxygens (including phenoxy) is 3. The Hall–Kier alpha value is -4.70. The summed E-state index contributed by atoms with van der Waals surface area (Å²) in [6.07, 6.45) is 1.39. The Morgan fingerprint density at radius 1 is 0.977 bits per heavy atom. The van der Waals surface area contributed by atoms with Gasteiger partial charge in [0.2, 0.25) is 5.88 Å². The van der Waals surface area contributed by atoms with Gasteiger partial charge in [-0.05, 0) is 17.4 Å².